The topological polar surface area (TPSA) is 80.0 Å². The molecule has 3 unspecified atom stereocenters. The number of carbonyl (C=O) groups excluding carboxylic acids is 1. The van der Waals surface area contributed by atoms with Crippen LogP contribution in [0.3, 0.4) is 0 Å². The van der Waals surface area contributed by atoms with Crippen LogP contribution in [0.4, 0.5) is 10.8 Å². The van der Waals surface area contributed by atoms with Crippen molar-refractivity contribution in [3.63, 3.8) is 0 Å². The van der Waals surface area contributed by atoms with Crippen molar-refractivity contribution >= 4 is 28.3 Å². The predicted octanol–water partition coefficient (Wildman–Crippen LogP) is 1.69. The van der Waals surface area contributed by atoms with E-state index >= 15 is 0 Å². The standard InChI is InChI=1S/C12H18N4OS/c1-14-11(17)9-10(13)16-18-12(9)15-8-5-6-2-3-7(8)4-6/h6-8,15H,2-5H2,1H3,(H2,13,16)(H,14,17). The maximum absolute atomic E-state index is 11.8. The summed E-state index contributed by atoms with van der Waals surface area (Å²) in [6.07, 6.45) is 5.23. The van der Waals surface area contributed by atoms with Crippen LogP contribution in [0.25, 0.3) is 0 Å². The first-order valence-corrected chi connectivity index (χ1v) is 7.20. The Labute approximate surface area is 110 Å². The maximum Gasteiger partial charge on any atom is 0.257 e. The van der Waals surface area contributed by atoms with Gasteiger partial charge in [-0.15, -0.1) is 0 Å². The van der Waals surface area contributed by atoms with Crippen LogP contribution in [0.15, 0.2) is 0 Å². The molecule has 6 heteroatoms. The minimum Gasteiger partial charge on any atom is -0.382 e. The third-order valence-electron chi connectivity index (χ3n) is 4.23. The van der Waals surface area contributed by atoms with E-state index in [4.69, 9.17) is 5.73 Å². The van der Waals surface area contributed by atoms with Crippen molar-refractivity contribution < 1.29 is 4.79 Å². The summed E-state index contributed by atoms with van der Waals surface area (Å²) in [5.74, 6) is 1.80. The predicted molar refractivity (Wildman–Crippen MR) is 72.8 cm³/mol. The SMILES string of the molecule is CNC(=O)c1c(N)nsc1NC1CC2CCC1C2. The fraction of sp³-hybridized carbons (Fsp3) is 0.667. The summed E-state index contributed by atoms with van der Waals surface area (Å²) < 4.78 is 4.09. The number of nitrogens with one attached hydrogen (secondary N) is 2. The molecule has 5 nitrogen and oxygen atoms in total. The second-order valence-electron chi connectivity index (χ2n) is 5.28. The van der Waals surface area contributed by atoms with Crippen molar-refractivity contribution in [2.24, 2.45) is 11.8 Å². The second kappa shape index (κ2) is 4.42. The van der Waals surface area contributed by atoms with Crippen LogP contribution in [0.1, 0.15) is 36.0 Å². The zero-order chi connectivity index (χ0) is 12.7. The highest BCUT2D eigenvalue weighted by Gasteiger charge is 2.40. The molecular weight excluding hydrogens is 248 g/mol. The Balaban J connectivity index is 1.79. The second-order valence-corrected chi connectivity index (χ2v) is 6.05. The molecule has 0 saturated heterocycles. The molecule has 3 rings (SSSR count). The number of fused-ring (bicyclic) bond motifs is 2. The smallest absolute Gasteiger partial charge is 0.257 e. The normalized spacial score (nSPS) is 29.5. The Bertz CT molecular complexity index is 473. The summed E-state index contributed by atoms with van der Waals surface area (Å²) >= 11 is 1.29. The lowest BCUT2D eigenvalue weighted by Crippen LogP contribution is -2.27. The average molecular weight is 266 g/mol. The van der Waals surface area contributed by atoms with E-state index in [1.165, 1.54) is 37.2 Å². The summed E-state index contributed by atoms with van der Waals surface area (Å²) in [5.41, 5.74) is 6.27. The van der Waals surface area contributed by atoms with Crippen LogP contribution in [0, 0.1) is 11.8 Å². The molecule has 0 spiro atoms. The van der Waals surface area contributed by atoms with Crippen LogP contribution < -0.4 is 16.4 Å². The zero-order valence-corrected chi connectivity index (χ0v) is 11.2. The number of nitrogens with two attached hydrogens (primary N) is 1. The lowest BCUT2D eigenvalue weighted by atomic mass is 9.95. The Morgan fingerprint density at radius 3 is 2.89 bits per heavy atom. The van der Waals surface area contributed by atoms with Gasteiger partial charge >= 0.3 is 0 Å². The van der Waals surface area contributed by atoms with Gasteiger partial charge in [0.1, 0.15) is 10.6 Å². The summed E-state index contributed by atoms with van der Waals surface area (Å²) in [6, 6.07) is 0.493. The Morgan fingerprint density at radius 2 is 2.28 bits per heavy atom. The minimum atomic E-state index is -0.160. The van der Waals surface area contributed by atoms with Crippen LogP contribution >= 0.6 is 11.5 Å². The van der Waals surface area contributed by atoms with E-state index in [0.29, 0.717) is 17.4 Å². The molecule has 2 aliphatic carbocycles. The molecule has 3 atom stereocenters. The van der Waals surface area contributed by atoms with Crippen LogP contribution in [-0.4, -0.2) is 23.4 Å². The first-order valence-electron chi connectivity index (χ1n) is 6.42. The van der Waals surface area contributed by atoms with E-state index in [-0.39, 0.29) is 5.91 Å². The van der Waals surface area contributed by atoms with E-state index in [9.17, 15) is 4.79 Å². The molecular formula is C12H18N4OS. The molecule has 2 fully saturated rings. The van der Waals surface area contributed by atoms with E-state index in [2.05, 4.69) is 15.0 Å². The van der Waals surface area contributed by atoms with Crippen molar-refractivity contribution in [2.75, 3.05) is 18.1 Å². The van der Waals surface area contributed by atoms with Crippen molar-refractivity contribution in [1.82, 2.24) is 9.69 Å². The first-order chi connectivity index (χ1) is 8.69. The van der Waals surface area contributed by atoms with Gasteiger partial charge in [-0.25, -0.2) is 0 Å². The number of carbonyl (C=O) groups is 1. The monoisotopic (exact) mass is 266 g/mol. The number of amides is 1. The van der Waals surface area contributed by atoms with E-state index < -0.39 is 0 Å². The third kappa shape index (κ3) is 1.84. The van der Waals surface area contributed by atoms with Crippen molar-refractivity contribution in [2.45, 2.75) is 31.7 Å². The third-order valence-corrected chi connectivity index (χ3v) is 5.02. The van der Waals surface area contributed by atoms with E-state index in [0.717, 1.165) is 16.8 Å². The molecule has 2 aliphatic rings. The van der Waals surface area contributed by atoms with Gasteiger partial charge in [0.2, 0.25) is 0 Å². The Hall–Kier alpha value is -1.30. The summed E-state index contributed by atoms with van der Waals surface area (Å²) in [5, 5.41) is 6.93. The lowest BCUT2D eigenvalue weighted by Gasteiger charge is -2.23. The van der Waals surface area contributed by atoms with Crippen LogP contribution in [-0.2, 0) is 0 Å². The number of anilines is 2. The summed E-state index contributed by atoms with van der Waals surface area (Å²) in [7, 11) is 1.61. The molecule has 0 aromatic carbocycles. The Morgan fingerprint density at radius 1 is 1.44 bits per heavy atom. The van der Waals surface area contributed by atoms with E-state index in [1.54, 1.807) is 7.05 Å². The molecule has 98 valence electrons. The molecule has 1 aromatic heterocycles. The van der Waals surface area contributed by atoms with Crippen molar-refractivity contribution in [3.05, 3.63) is 5.56 Å². The number of hydrogen-bond donors (Lipinski definition) is 3. The summed E-state index contributed by atoms with van der Waals surface area (Å²) in [6.45, 7) is 0. The molecule has 2 bridgehead atoms. The number of nitrogen functional groups attached to an aromatic ring is 1. The highest BCUT2D eigenvalue weighted by Crippen LogP contribution is 2.46. The summed E-state index contributed by atoms with van der Waals surface area (Å²) in [4.78, 5) is 11.8. The molecule has 18 heavy (non-hydrogen) atoms. The highest BCUT2D eigenvalue weighted by atomic mass is 32.1. The zero-order valence-electron chi connectivity index (χ0n) is 10.4. The van der Waals surface area contributed by atoms with Gasteiger partial charge in [-0.1, -0.05) is 6.42 Å². The largest absolute Gasteiger partial charge is 0.382 e. The molecule has 1 amide bonds. The Kier molecular flexibility index (Phi) is 2.89. The quantitative estimate of drug-likeness (QED) is 0.777. The number of rotatable bonds is 3. The van der Waals surface area contributed by atoms with Gasteiger partial charge in [-0.3, -0.25) is 4.79 Å². The van der Waals surface area contributed by atoms with Gasteiger partial charge in [-0.2, -0.15) is 4.37 Å². The maximum atomic E-state index is 11.8. The minimum absolute atomic E-state index is 0.160. The van der Waals surface area contributed by atoms with Gasteiger partial charge in [0, 0.05) is 13.1 Å². The van der Waals surface area contributed by atoms with Crippen molar-refractivity contribution in [1.29, 1.82) is 0 Å². The highest BCUT2D eigenvalue weighted by molar-refractivity contribution is 7.11. The molecule has 4 N–H and O–H groups in total. The van der Waals surface area contributed by atoms with Gasteiger partial charge in [-0.05, 0) is 42.6 Å². The van der Waals surface area contributed by atoms with Gasteiger partial charge in [0.05, 0.1) is 0 Å². The molecule has 2 saturated carbocycles. The number of aromatic nitrogens is 1. The number of nitrogens with zero attached hydrogens (tertiary/aromatic N) is 1. The first kappa shape index (κ1) is 11.8. The lowest BCUT2D eigenvalue weighted by molar-refractivity contribution is 0.0965. The molecule has 0 aliphatic heterocycles. The van der Waals surface area contributed by atoms with Crippen LogP contribution in [0.2, 0.25) is 0 Å². The van der Waals surface area contributed by atoms with Crippen LogP contribution in [0.5, 0.6) is 0 Å². The van der Waals surface area contributed by atoms with Crippen molar-refractivity contribution in [3.8, 4) is 0 Å². The molecule has 1 heterocycles. The number of hydrogen-bond acceptors (Lipinski definition) is 5. The van der Waals surface area contributed by atoms with E-state index in [1.807, 2.05) is 0 Å². The average Bonchev–Trinajstić information content (AvgIpc) is 3.05. The molecule has 0 radical (unpaired) electrons. The fourth-order valence-electron chi connectivity index (χ4n) is 3.34. The van der Waals surface area contributed by atoms with Gasteiger partial charge in [0.15, 0.2) is 5.82 Å². The molecule has 1 aromatic rings. The van der Waals surface area contributed by atoms with Gasteiger partial charge in [0.25, 0.3) is 5.91 Å². The fourth-order valence-corrected chi connectivity index (χ4v) is 4.11. The van der Waals surface area contributed by atoms with Gasteiger partial charge < -0.3 is 16.4 Å².